The van der Waals surface area contributed by atoms with Gasteiger partial charge in [0.25, 0.3) is 0 Å². The lowest BCUT2D eigenvalue weighted by atomic mass is 10.0. The number of hydrogen-bond donors (Lipinski definition) is 2. The first kappa shape index (κ1) is 14.3. The number of aromatic nitrogens is 3. The van der Waals surface area contributed by atoms with Crippen LogP contribution in [-0.4, -0.2) is 20.9 Å². The molecule has 0 aliphatic heterocycles. The number of hydrogen-bond acceptors (Lipinski definition) is 3. The zero-order valence-corrected chi connectivity index (χ0v) is 10.4. The summed E-state index contributed by atoms with van der Waals surface area (Å²) in [6.45, 7) is -1.38. The average molecular weight is 286 g/mol. The molecule has 1 heterocycles. The van der Waals surface area contributed by atoms with Gasteiger partial charge >= 0.3 is 11.9 Å². The molecule has 8 heteroatoms. The fraction of sp³-hybridized carbons (Fsp3) is 0.333. The normalized spacial score (nSPS) is 13.4. The molecule has 5 nitrogen and oxygen atoms in total. The van der Waals surface area contributed by atoms with Gasteiger partial charge in [-0.25, -0.2) is 9.89 Å². The zero-order valence-electron chi connectivity index (χ0n) is 10.4. The van der Waals surface area contributed by atoms with E-state index in [1.165, 1.54) is 0 Å². The third kappa shape index (κ3) is 3.47. The number of aromatic amines is 1. The molecular weight excluding hydrogens is 273 g/mol. The predicted molar refractivity (Wildman–Crippen MR) is 66.0 cm³/mol. The number of nitrogens with two attached hydrogens (primary N) is 1. The Hall–Kier alpha value is -2.09. The fourth-order valence-electron chi connectivity index (χ4n) is 1.86. The lowest BCUT2D eigenvalue weighted by molar-refractivity contribution is -0.141. The summed E-state index contributed by atoms with van der Waals surface area (Å²) in [5.41, 5.74) is 5.79. The summed E-state index contributed by atoms with van der Waals surface area (Å²) in [7, 11) is 0. The highest BCUT2D eigenvalue weighted by atomic mass is 19.4. The average Bonchev–Trinajstić information content (AvgIpc) is 2.71. The van der Waals surface area contributed by atoms with E-state index in [2.05, 4.69) is 5.10 Å². The molecule has 0 saturated heterocycles. The van der Waals surface area contributed by atoms with Crippen LogP contribution in [0.15, 0.2) is 35.1 Å². The third-order valence-electron chi connectivity index (χ3n) is 2.80. The highest BCUT2D eigenvalue weighted by Gasteiger charge is 2.30. The minimum Gasteiger partial charge on any atom is -0.324 e. The number of nitrogens with one attached hydrogen (secondary N) is 1. The molecule has 1 aromatic heterocycles. The van der Waals surface area contributed by atoms with Gasteiger partial charge in [-0.1, -0.05) is 30.3 Å². The molecule has 2 rings (SSSR count). The molecule has 1 unspecified atom stereocenters. The Balaban J connectivity index is 2.20. The molecule has 0 aliphatic carbocycles. The number of H-pyrrole nitrogens is 1. The maximum Gasteiger partial charge on any atom is 0.406 e. The Morgan fingerprint density at radius 3 is 2.55 bits per heavy atom. The van der Waals surface area contributed by atoms with Crippen LogP contribution in [0.4, 0.5) is 13.2 Å². The first-order chi connectivity index (χ1) is 9.37. The van der Waals surface area contributed by atoms with Gasteiger partial charge in [0.15, 0.2) is 0 Å². The predicted octanol–water partition coefficient (Wildman–Crippen LogP) is 1.38. The van der Waals surface area contributed by atoms with Crippen LogP contribution in [0, 0.1) is 0 Å². The number of alkyl halides is 3. The second-order valence-corrected chi connectivity index (χ2v) is 4.37. The summed E-state index contributed by atoms with van der Waals surface area (Å²) < 4.78 is 37.8. The van der Waals surface area contributed by atoms with E-state index in [1.807, 2.05) is 11.2 Å². The summed E-state index contributed by atoms with van der Waals surface area (Å²) in [4.78, 5) is 11.3. The van der Waals surface area contributed by atoms with Crippen LogP contribution in [0.1, 0.15) is 17.4 Å². The molecule has 1 aromatic carbocycles. The summed E-state index contributed by atoms with van der Waals surface area (Å²) in [5.74, 6) is -0.0105. The van der Waals surface area contributed by atoms with E-state index >= 15 is 0 Å². The van der Waals surface area contributed by atoms with E-state index < -0.39 is 24.5 Å². The van der Waals surface area contributed by atoms with Crippen molar-refractivity contribution in [3.05, 3.63) is 52.2 Å². The lowest BCUT2D eigenvalue weighted by Crippen LogP contribution is -2.29. The molecule has 0 spiro atoms. The molecule has 0 fully saturated rings. The Kier molecular flexibility index (Phi) is 3.93. The summed E-state index contributed by atoms with van der Waals surface area (Å²) in [6, 6.07) is 8.38. The standard InChI is InChI=1S/C12H13F3N4O/c13-12(14,15)7-19-10(17-18-11(19)20)6-9(16)8-4-2-1-3-5-8/h1-5,9H,6-7,16H2,(H,18,20). The van der Waals surface area contributed by atoms with Gasteiger partial charge in [0.2, 0.25) is 0 Å². The summed E-state index contributed by atoms with van der Waals surface area (Å²) in [5, 5.41) is 5.63. The smallest absolute Gasteiger partial charge is 0.324 e. The van der Waals surface area contributed by atoms with E-state index in [9.17, 15) is 18.0 Å². The summed E-state index contributed by atoms with van der Waals surface area (Å²) in [6.07, 6.45) is -4.45. The number of rotatable bonds is 4. The highest BCUT2D eigenvalue weighted by Crippen LogP contribution is 2.19. The Labute approximate surface area is 112 Å². The van der Waals surface area contributed by atoms with E-state index in [0.29, 0.717) is 4.57 Å². The van der Waals surface area contributed by atoms with Crippen LogP contribution in [0.3, 0.4) is 0 Å². The van der Waals surface area contributed by atoms with Gasteiger partial charge in [-0.05, 0) is 5.56 Å². The van der Waals surface area contributed by atoms with Crippen molar-refractivity contribution in [3.8, 4) is 0 Å². The van der Waals surface area contributed by atoms with Gasteiger partial charge in [0, 0.05) is 12.5 Å². The summed E-state index contributed by atoms with van der Waals surface area (Å²) >= 11 is 0. The monoisotopic (exact) mass is 286 g/mol. The lowest BCUT2D eigenvalue weighted by Gasteiger charge is -2.13. The molecule has 0 radical (unpaired) electrons. The SMILES string of the molecule is NC(Cc1n[nH]c(=O)n1CC(F)(F)F)c1ccccc1. The van der Waals surface area contributed by atoms with Crippen molar-refractivity contribution < 1.29 is 13.2 Å². The topological polar surface area (TPSA) is 76.7 Å². The number of nitrogens with zero attached hydrogens (tertiary/aromatic N) is 2. The fourth-order valence-corrected chi connectivity index (χ4v) is 1.86. The van der Waals surface area contributed by atoms with Crippen LogP contribution in [0.25, 0.3) is 0 Å². The van der Waals surface area contributed by atoms with E-state index in [4.69, 9.17) is 5.73 Å². The van der Waals surface area contributed by atoms with E-state index in [0.717, 1.165) is 5.56 Å². The Morgan fingerprint density at radius 1 is 1.30 bits per heavy atom. The molecule has 0 aliphatic rings. The number of benzene rings is 1. The Bertz CT molecular complexity index is 618. The first-order valence-corrected chi connectivity index (χ1v) is 5.88. The van der Waals surface area contributed by atoms with Crippen LogP contribution >= 0.6 is 0 Å². The third-order valence-corrected chi connectivity index (χ3v) is 2.80. The van der Waals surface area contributed by atoms with Gasteiger partial charge in [0.1, 0.15) is 12.4 Å². The highest BCUT2D eigenvalue weighted by molar-refractivity contribution is 5.19. The van der Waals surface area contributed by atoms with Crippen molar-refractivity contribution in [2.45, 2.75) is 25.2 Å². The largest absolute Gasteiger partial charge is 0.406 e. The van der Waals surface area contributed by atoms with Gasteiger partial charge in [-0.3, -0.25) is 4.57 Å². The second kappa shape index (κ2) is 5.49. The quantitative estimate of drug-likeness (QED) is 0.891. The van der Waals surface area contributed by atoms with Crippen LogP contribution < -0.4 is 11.4 Å². The minimum absolute atomic E-state index is 0.0105. The minimum atomic E-state index is -4.49. The molecule has 3 N–H and O–H groups in total. The van der Waals surface area contributed by atoms with E-state index in [1.54, 1.807) is 24.3 Å². The molecular formula is C12H13F3N4O. The molecule has 1 atom stereocenters. The van der Waals surface area contributed by atoms with Crippen molar-refractivity contribution in [2.75, 3.05) is 0 Å². The molecule has 2 aromatic rings. The van der Waals surface area contributed by atoms with Crippen molar-refractivity contribution in [2.24, 2.45) is 5.73 Å². The zero-order chi connectivity index (χ0) is 14.8. The van der Waals surface area contributed by atoms with Crippen LogP contribution in [0.5, 0.6) is 0 Å². The molecule has 20 heavy (non-hydrogen) atoms. The van der Waals surface area contributed by atoms with Gasteiger partial charge < -0.3 is 5.73 Å². The van der Waals surface area contributed by atoms with Gasteiger partial charge in [0.05, 0.1) is 0 Å². The van der Waals surface area contributed by atoms with Crippen molar-refractivity contribution >= 4 is 0 Å². The second-order valence-electron chi connectivity index (χ2n) is 4.37. The first-order valence-electron chi connectivity index (χ1n) is 5.88. The molecule has 0 bridgehead atoms. The maximum absolute atomic E-state index is 12.4. The van der Waals surface area contributed by atoms with Crippen LogP contribution in [0.2, 0.25) is 0 Å². The van der Waals surface area contributed by atoms with Crippen molar-refractivity contribution in [3.63, 3.8) is 0 Å². The number of halogens is 3. The maximum atomic E-state index is 12.4. The molecule has 108 valence electrons. The van der Waals surface area contributed by atoms with Gasteiger partial charge in [-0.2, -0.15) is 18.3 Å². The molecule has 0 amide bonds. The van der Waals surface area contributed by atoms with Crippen LogP contribution in [-0.2, 0) is 13.0 Å². The van der Waals surface area contributed by atoms with Crippen molar-refractivity contribution in [1.82, 2.24) is 14.8 Å². The molecule has 0 saturated carbocycles. The van der Waals surface area contributed by atoms with Crippen molar-refractivity contribution in [1.29, 1.82) is 0 Å². The van der Waals surface area contributed by atoms with Gasteiger partial charge in [-0.15, -0.1) is 0 Å². The van der Waals surface area contributed by atoms with E-state index in [-0.39, 0.29) is 12.2 Å². The Morgan fingerprint density at radius 2 is 1.95 bits per heavy atom.